The predicted molar refractivity (Wildman–Crippen MR) is 79.4 cm³/mol. The Morgan fingerprint density at radius 2 is 2.00 bits per heavy atom. The van der Waals surface area contributed by atoms with Crippen LogP contribution in [0.25, 0.3) is 0 Å². The summed E-state index contributed by atoms with van der Waals surface area (Å²) in [6, 6.07) is 5.91. The van der Waals surface area contributed by atoms with Gasteiger partial charge < -0.3 is 10.5 Å². The molecule has 1 fully saturated rings. The number of halogens is 1. The van der Waals surface area contributed by atoms with Crippen molar-refractivity contribution >= 4 is 28.3 Å². The molecular weight excluding hydrogens is 327 g/mol. The van der Waals surface area contributed by atoms with Crippen molar-refractivity contribution in [3.63, 3.8) is 0 Å². The molecule has 1 heterocycles. The van der Waals surface area contributed by atoms with Gasteiger partial charge in [0.2, 0.25) is 0 Å². The van der Waals surface area contributed by atoms with Crippen LogP contribution in [0.5, 0.6) is 5.75 Å². The van der Waals surface area contributed by atoms with E-state index in [0.29, 0.717) is 0 Å². The molecule has 3 nitrogen and oxygen atoms in total. The van der Waals surface area contributed by atoms with E-state index in [9.17, 15) is 0 Å². The van der Waals surface area contributed by atoms with Gasteiger partial charge >= 0.3 is 0 Å². The van der Waals surface area contributed by atoms with Crippen molar-refractivity contribution in [3.8, 4) is 5.75 Å². The third-order valence-corrected chi connectivity index (χ3v) is 3.76. The highest BCUT2D eigenvalue weighted by Crippen LogP contribution is 2.23. The Hall–Kier alpha value is -0.490. The zero-order chi connectivity index (χ0) is 12.1. The molecule has 0 bridgehead atoms. The second-order valence-electron chi connectivity index (χ2n) is 4.43. The lowest BCUT2D eigenvalue weighted by molar-refractivity contribution is 0.184. The SMILES string of the molecule is Nc1cc(I)ccc1OCCN1CCCCC1. The van der Waals surface area contributed by atoms with Crippen molar-refractivity contribution in [1.82, 2.24) is 4.90 Å². The highest BCUT2D eigenvalue weighted by atomic mass is 127. The molecule has 17 heavy (non-hydrogen) atoms. The Labute approximate surface area is 116 Å². The largest absolute Gasteiger partial charge is 0.490 e. The van der Waals surface area contributed by atoms with Crippen molar-refractivity contribution in [2.45, 2.75) is 19.3 Å². The number of ether oxygens (including phenoxy) is 1. The molecule has 1 aromatic carbocycles. The van der Waals surface area contributed by atoms with Crippen LogP contribution in [0.1, 0.15) is 19.3 Å². The van der Waals surface area contributed by atoms with Crippen molar-refractivity contribution in [2.24, 2.45) is 0 Å². The maximum Gasteiger partial charge on any atom is 0.142 e. The molecule has 4 heteroatoms. The lowest BCUT2D eigenvalue weighted by Crippen LogP contribution is -2.33. The van der Waals surface area contributed by atoms with E-state index in [0.717, 1.165) is 28.2 Å². The van der Waals surface area contributed by atoms with Gasteiger partial charge in [-0.3, -0.25) is 4.90 Å². The zero-order valence-corrected chi connectivity index (χ0v) is 12.2. The molecule has 0 atom stereocenters. The van der Waals surface area contributed by atoms with Crippen LogP contribution in [0.3, 0.4) is 0 Å². The van der Waals surface area contributed by atoms with Crippen LogP contribution in [0, 0.1) is 3.57 Å². The first-order chi connectivity index (χ1) is 8.25. The molecule has 2 N–H and O–H groups in total. The van der Waals surface area contributed by atoms with Gasteiger partial charge in [0.25, 0.3) is 0 Å². The van der Waals surface area contributed by atoms with Gasteiger partial charge in [-0.25, -0.2) is 0 Å². The number of hydrogen-bond donors (Lipinski definition) is 1. The fourth-order valence-corrected chi connectivity index (χ4v) is 2.63. The smallest absolute Gasteiger partial charge is 0.142 e. The topological polar surface area (TPSA) is 38.5 Å². The van der Waals surface area contributed by atoms with E-state index >= 15 is 0 Å². The number of nitrogen functional groups attached to an aromatic ring is 1. The van der Waals surface area contributed by atoms with Gasteiger partial charge in [-0.1, -0.05) is 6.42 Å². The molecule has 1 aliphatic heterocycles. The number of piperidine rings is 1. The van der Waals surface area contributed by atoms with E-state index in [2.05, 4.69) is 27.5 Å². The molecule has 1 saturated heterocycles. The number of nitrogens with two attached hydrogens (primary N) is 1. The molecule has 1 aliphatic rings. The molecular formula is C13H19IN2O. The van der Waals surface area contributed by atoms with Crippen molar-refractivity contribution in [1.29, 1.82) is 0 Å². The second kappa shape index (κ2) is 6.44. The first-order valence-electron chi connectivity index (χ1n) is 6.16. The minimum absolute atomic E-state index is 0.727. The van der Waals surface area contributed by atoms with Crippen LogP contribution in [-0.4, -0.2) is 31.1 Å². The molecule has 0 unspecified atom stereocenters. The molecule has 0 aromatic heterocycles. The summed E-state index contributed by atoms with van der Waals surface area (Å²) in [4.78, 5) is 2.46. The van der Waals surface area contributed by atoms with E-state index in [4.69, 9.17) is 10.5 Å². The van der Waals surface area contributed by atoms with Crippen LogP contribution in [0.4, 0.5) is 5.69 Å². The molecule has 94 valence electrons. The average molecular weight is 346 g/mol. The van der Waals surface area contributed by atoms with Crippen LogP contribution in [-0.2, 0) is 0 Å². The number of likely N-dealkylation sites (tertiary alicyclic amines) is 1. The summed E-state index contributed by atoms with van der Waals surface area (Å²) in [6.45, 7) is 4.16. The van der Waals surface area contributed by atoms with E-state index in [1.807, 2.05) is 18.2 Å². The Morgan fingerprint density at radius 1 is 1.24 bits per heavy atom. The predicted octanol–water partition coefficient (Wildman–Crippen LogP) is 2.74. The van der Waals surface area contributed by atoms with E-state index in [1.54, 1.807) is 0 Å². The number of benzene rings is 1. The molecule has 0 amide bonds. The van der Waals surface area contributed by atoms with Gasteiger partial charge in [0.1, 0.15) is 12.4 Å². The quantitative estimate of drug-likeness (QED) is 0.673. The molecule has 0 aliphatic carbocycles. The Morgan fingerprint density at radius 3 is 2.71 bits per heavy atom. The maximum atomic E-state index is 5.90. The van der Waals surface area contributed by atoms with Gasteiger partial charge in [-0.2, -0.15) is 0 Å². The molecule has 1 aromatic rings. The fourth-order valence-electron chi connectivity index (χ4n) is 2.12. The normalized spacial score (nSPS) is 17.0. The number of nitrogens with zero attached hydrogens (tertiary/aromatic N) is 1. The van der Waals surface area contributed by atoms with Crippen molar-refractivity contribution in [3.05, 3.63) is 21.8 Å². The summed E-state index contributed by atoms with van der Waals surface area (Å²) >= 11 is 2.25. The summed E-state index contributed by atoms with van der Waals surface area (Å²) in [5, 5.41) is 0. The third kappa shape index (κ3) is 4.03. The van der Waals surface area contributed by atoms with Gasteiger partial charge in [0.05, 0.1) is 5.69 Å². The zero-order valence-electron chi connectivity index (χ0n) is 9.99. The highest BCUT2D eigenvalue weighted by Gasteiger charge is 2.09. The van der Waals surface area contributed by atoms with Gasteiger partial charge in [-0.15, -0.1) is 0 Å². The lowest BCUT2D eigenvalue weighted by atomic mass is 10.1. The van der Waals surface area contributed by atoms with E-state index in [-0.39, 0.29) is 0 Å². The monoisotopic (exact) mass is 346 g/mol. The van der Waals surface area contributed by atoms with E-state index < -0.39 is 0 Å². The molecule has 0 saturated carbocycles. The van der Waals surface area contributed by atoms with Gasteiger partial charge in [0.15, 0.2) is 0 Å². The summed E-state index contributed by atoms with van der Waals surface area (Å²) in [6.07, 6.45) is 4.03. The minimum Gasteiger partial charge on any atom is -0.490 e. The molecule has 0 radical (unpaired) electrons. The minimum atomic E-state index is 0.727. The fraction of sp³-hybridized carbons (Fsp3) is 0.538. The van der Waals surface area contributed by atoms with Gasteiger partial charge in [0, 0.05) is 10.1 Å². The van der Waals surface area contributed by atoms with E-state index in [1.165, 1.54) is 32.4 Å². The summed E-state index contributed by atoms with van der Waals surface area (Å²) < 4.78 is 6.87. The first-order valence-corrected chi connectivity index (χ1v) is 7.24. The Bertz CT molecular complexity index is 364. The van der Waals surface area contributed by atoms with Crippen LogP contribution >= 0.6 is 22.6 Å². The third-order valence-electron chi connectivity index (χ3n) is 3.09. The number of anilines is 1. The standard InChI is InChI=1S/C13H19IN2O/c14-11-4-5-13(12(15)10-11)17-9-8-16-6-2-1-3-7-16/h4-5,10H,1-3,6-9,15H2. The first kappa shape index (κ1) is 13.0. The summed E-state index contributed by atoms with van der Waals surface area (Å²) in [7, 11) is 0. The summed E-state index contributed by atoms with van der Waals surface area (Å²) in [5.74, 6) is 0.808. The van der Waals surface area contributed by atoms with Crippen molar-refractivity contribution in [2.75, 3.05) is 32.0 Å². The summed E-state index contributed by atoms with van der Waals surface area (Å²) in [5.41, 5.74) is 6.63. The second-order valence-corrected chi connectivity index (χ2v) is 5.68. The number of hydrogen-bond acceptors (Lipinski definition) is 3. The lowest BCUT2D eigenvalue weighted by Gasteiger charge is -2.26. The van der Waals surface area contributed by atoms with Crippen LogP contribution < -0.4 is 10.5 Å². The van der Waals surface area contributed by atoms with Crippen LogP contribution in [0.2, 0.25) is 0 Å². The van der Waals surface area contributed by atoms with Crippen LogP contribution in [0.15, 0.2) is 18.2 Å². The molecule has 2 rings (SSSR count). The maximum absolute atomic E-state index is 5.90. The number of rotatable bonds is 4. The Balaban J connectivity index is 1.77. The Kier molecular flexibility index (Phi) is 4.91. The highest BCUT2D eigenvalue weighted by molar-refractivity contribution is 14.1. The van der Waals surface area contributed by atoms with Crippen molar-refractivity contribution < 1.29 is 4.74 Å². The van der Waals surface area contributed by atoms with Gasteiger partial charge in [-0.05, 0) is 66.7 Å². The molecule has 0 spiro atoms. The average Bonchev–Trinajstić information content (AvgIpc) is 2.33.